The number of carboxylic acids is 1. The second kappa shape index (κ2) is 7.84. The first-order chi connectivity index (χ1) is 13.2. The summed E-state index contributed by atoms with van der Waals surface area (Å²) in [6, 6.07) is 7.83. The number of sulfonamides is 1. The third kappa shape index (κ3) is 4.31. The third-order valence-electron chi connectivity index (χ3n) is 4.59. The molecule has 150 valence electrons. The molecule has 1 heterocycles. The van der Waals surface area contributed by atoms with Gasteiger partial charge in [0.15, 0.2) is 0 Å². The number of hydrogen-bond donors (Lipinski definition) is 1. The molecular weight excluding hydrogens is 390 g/mol. The number of anilines is 1. The van der Waals surface area contributed by atoms with E-state index in [4.69, 9.17) is 5.11 Å². The van der Waals surface area contributed by atoms with Gasteiger partial charge in [0.25, 0.3) is 0 Å². The first-order valence-corrected chi connectivity index (χ1v) is 10.1. The highest BCUT2D eigenvalue weighted by atomic mass is 32.2. The average molecular weight is 410 g/mol. The molecule has 1 N–H and O–H groups in total. The van der Waals surface area contributed by atoms with Crippen LogP contribution < -0.4 is 4.90 Å². The molecule has 0 atom stereocenters. The van der Waals surface area contributed by atoms with Crippen LogP contribution in [0.4, 0.5) is 14.5 Å². The summed E-state index contributed by atoms with van der Waals surface area (Å²) in [4.78, 5) is 12.7. The van der Waals surface area contributed by atoms with Gasteiger partial charge in [0.2, 0.25) is 10.0 Å². The highest BCUT2D eigenvalue weighted by Crippen LogP contribution is 2.25. The number of carbonyl (C=O) groups is 1. The van der Waals surface area contributed by atoms with Crippen molar-refractivity contribution in [1.29, 1.82) is 0 Å². The van der Waals surface area contributed by atoms with Gasteiger partial charge in [0, 0.05) is 32.2 Å². The van der Waals surface area contributed by atoms with E-state index in [2.05, 4.69) is 0 Å². The fourth-order valence-corrected chi connectivity index (χ4v) is 4.88. The molecule has 2 aromatic rings. The summed E-state index contributed by atoms with van der Waals surface area (Å²) in [6.07, 6.45) is -0.262. The van der Waals surface area contributed by atoms with E-state index >= 15 is 0 Å². The summed E-state index contributed by atoms with van der Waals surface area (Å²) >= 11 is 0. The highest BCUT2D eigenvalue weighted by molar-refractivity contribution is 7.89. The van der Waals surface area contributed by atoms with E-state index < -0.39 is 27.6 Å². The first-order valence-electron chi connectivity index (χ1n) is 8.69. The number of piperazine rings is 1. The van der Waals surface area contributed by atoms with Gasteiger partial charge in [-0.05, 0) is 42.3 Å². The van der Waals surface area contributed by atoms with E-state index in [1.54, 1.807) is 17.9 Å². The molecule has 9 heteroatoms. The molecule has 0 aliphatic carbocycles. The Morgan fingerprint density at radius 2 is 1.75 bits per heavy atom. The lowest BCUT2D eigenvalue weighted by Gasteiger charge is -2.35. The molecule has 1 aliphatic heterocycles. The van der Waals surface area contributed by atoms with Gasteiger partial charge in [0.1, 0.15) is 11.6 Å². The molecule has 6 nitrogen and oxygen atoms in total. The molecule has 0 bridgehead atoms. The van der Waals surface area contributed by atoms with Crippen LogP contribution in [0.2, 0.25) is 0 Å². The Morgan fingerprint density at radius 1 is 1.07 bits per heavy atom. The van der Waals surface area contributed by atoms with Gasteiger partial charge in [-0.25, -0.2) is 17.2 Å². The monoisotopic (exact) mass is 410 g/mol. The third-order valence-corrected chi connectivity index (χ3v) is 6.47. The molecule has 0 amide bonds. The highest BCUT2D eigenvalue weighted by Gasteiger charge is 2.29. The van der Waals surface area contributed by atoms with Crippen molar-refractivity contribution in [3.63, 3.8) is 0 Å². The number of halogens is 2. The molecule has 28 heavy (non-hydrogen) atoms. The Labute approximate surface area is 162 Å². The lowest BCUT2D eigenvalue weighted by molar-refractivity contribution is -0.136. The second-order valence-electron chi connectivity index (χ2n) is 6.71. The van der Waals surface area contributed by atoms with Crippen molar-refractivity contribution in [2.24, 2.45) is 0 Å². The van der Waals surface area contributed by atoms with E-state index in [1.807, 2.05) is 0 Å². The molecule has 3 rings (SSSR count). The predicted octanol–water partition coefficient (Wildman–Crippen LogP) is 2.41. The van der Waals surface area contributed by atoms with Crippen LogP contribution in [0, 0.1) is 18.6 Å². The maximum absolute atomic E-state index is 14.0. The fraction of sp³-hybridized carbons (Fsp3) is 0.316. The molecule has 1 aliphatic rings. The van der Waals surface area contributed by atoms with Crippen LogP contribution in [0.25, 0.3) is 0 Å². The second-order valence-corrected chi connectivity index (χ2v) is 8.65. The van der Waals surface area contributed by atoms with Crippen LogP contribution in [-0.4, -0.2) is 50.0 Å². The van der Waals surface area contributed by atoms with E-state index in [9.17, 15) is 22.0 Å². The Kier molecular flexibility index (Phi) is 5.66. The lowest BCUT2D eigenvalue weighted by atomic mass is 10.1. The summed E-state index contributed by atoms with van der Waals surface area (Å²) < 4.78 is 54.3. The van der Waals surface area contributed by atoms with E-state index in [-0.39, 0.29) is 43.2 Å². The Hall–Kier alpha value is -2.52. The van der Waals surface area contributed by atoms with Crippen molar-refractivity contribution in [3.05, 3.63) is 59.2 Å². The van der Waals surface area contributed by atoms with Crippen LogP contribution in [0.3, 0.4) is 0 Å². The van der Waals surface area contributed by atoms with Crippen molar-refractivity contribution in [3.8, 4) is 0 Å². The number of hydrogen-bond acceptors (Lipinski definition) is 4. The van der Waals surface area contributed by atoms with Gasteiger partial charge in [-0.3, -0.25) is 4.79 Å². The maximum Gasteiger partial charge on any atom is 0.307 e. The van der Waals surface area contributed by atoms with E-state index in [1.165, 1.54) is 22.5 Å². The van der Waals surface area contributed by atoms with Crippen molar-refractivity contribution < 1.29 is 27.1 Å². The number of benzene rings is 2. The zero-order chi connectivity index (χ0) is 20.5. The summed E-state index contributed by atoms with van der Waals surface area (Å²) in [7, 11) is -3.81. The van der Waals surface area contributed by atoms with Crippen LogP contribution in [0.1, 0.15) is 11.1 Å². The van der Waals surface area contributed by atoms with Crippen molar-refractivity contribution >= 4 is 21.7 Å². The summed E-state index contributed by atoms with van der Waals surface area (Å²) in [6.45, 7) is 2.51. The van der Waals surface area contributed by atoms with Gasteiger partial charge in [-0.2, -0.15) is 4.31 Å². The largest absolute Gasteiger partial charge is 0.481 e. The number of nitrogens with zero attached hydrogens (tertiary/aromatic N) is 2. The fourth-order valence-electron chi connectivity index (χ4n) is 3.31. The molecule has 2 aromatic carbocycles. The van der Waals surface area contributed by atoms with Gasteiger partial charge < -0.3 is 10.0 Å². The Balaban J connectivity index is 1.78. The molecule has 0 spiro atoms. The Bertz CT molecular complexity index is 1000. The van der Waals surface area contributed by atoms with Crippen molar-refractivity contribution in [2.45, 2.75) is 18.2 Å². The van der Waals surface area contributed by atoms with Crippen LogP contribution in [0.5, 0.6) is 0 Å². The minimum Gasteiger partial charge on any atom is -0.481 e. The maximum atomic E-state index is 14.0. The van der Waals surface area contributed by atoms with Crippen molar-refractivity contribution in [1.82, 2.24) is 4.31 Å². The average Bonchev–Trinajstić information content (AvgIpc) is 2.61. The first kappa shape index (κ1) is 20.2. The quantitative estimate of drug-likeness (QED) is 0.819. The topological polar surface area (TPSA) is 77.9 Å². The minimum atomic E-state index is -3.81. The Morgan fingerprint density at radius 3 is 2.36 bits per heavy atom. The number of aryl methyl sites for hydroxylation is 1. The van der Waals surface area contributed by atoms with Gasteiger partial charge in [-0.1, -0.05) is 6.07 Å². The van der Waals surface area contributed by atoms with Gasteiger partial charge in [0.05, 0.1) is 17.0 Å². The van der Waals surface area contributed by atoms with Gasteiger partial charge >= 0.3 is 5.97 Å². The minimum absolute atomic E-state index is 0.0464. The molecule has 1 fully saturated rings. The normalized spacial score (nSPS) is 15.6. The number of carboxylic acid groups (broad SMARTS) is 1. The van der Waals surface area contributed by atoms with Crippen LogP contribution in [0.15, 0.2) is 41.3 Å². The molecular formula is C19H20F2N2O4S. The number of aliphatic carboxylic acids is 1. The van der Waals surface area contributed by atoms with Gasteiger partial charge in [-0.15, -0.1) is 0 Å². The lowest BCUT2D eigenvalue weighted by Crippen LogP contribution is -2.49. The standard InChI is InChI=1S/C19H20F2N2O4S/c1-13-8-14(11-19(24)25)10-16(9-13)28(26,27)23-6-4-22(5-7-23)18-3-2-15(20)12-17(18)21/h2-3,8-10,12H,4-7,11H2,1H3,(H,24,25). The van der Waals surface area contributed by atoms with E-state index in [0.717, 1.165) is 12.1 Å². The smallest absolute Gasteiger partial charge is 0.307 e. The zero-order valence-electron chi connectivity index (χ0n) is 15.2. The molecule has 0 aromatic heterocycles. The molecule has 1 saturated heterocycles. The molecule has 0 unspecified atom stereocenters. The molecule has 0 radical (unpaired) electrons. The zero-order valence-corrected chi connectivity index (χ0v) is 16.0. The summed E-state index contributed by atoms with van der Waals surface area (Å²) in [5, 5.41) is 8.96. The summed E-state index contributed by atoms with van der Waals surface area (Å²) in [5.41, 5.74) is 1.31. The summed E-state index contributed by atoms with van der Waals surface area (Å²) in [5.74, 6) is -2.39. The number of rotatable bonds is 5. The molecule has 0 saturated carbocycles. The van der Waals surface area contributed by atoms with Crippen LogP contribution >= 0.6 is 0 Å². The van der Waals surface area contributed by atoms with Crippen LogP contribution in [-0.2, 0) is 21.2 Å². The SMILES string of the molecule is Cc1cc(CC(=O)O)cc(S(=O)(=O)N2CCN(c3ccc(F)cc3F)CC2)c1. The predicted molar refractivity (Wildman–Crippen MR) is 99.8 cm³/mol. The van der Waals surface area contributed by atoms with Crippen molar-refractivity contribution in [2.75, 3.05) is 31.1 Å². The van der Waals surface area contributed by atoms with E-state index in [0.29, 0.717) is 11.1 Å².